The Kier molecular flexibility index (Phi) is 6.21. The van der Waals surface area contributed by atoms with E-state index in [1.54, 1.807) is 13.0 Å². The number of amides is 1. The second-order valence-corrected chi connectivity index (χ2v) is 10.8. The van der Waals surface area contributed by atoms with Crippen LogP contribution >= 0.6 is 0 Å². The van der Waals surface area contributed by atoms with E-state index in [0.717, 1.165) is 17.2 Å². The second kappa shape index (κ2) is 8.37. The predicted molar refractivity (Wildman–Crippen MR) is 113 cm³/mol. The molecule has 0 spiro atoms. The van der Waals surface area contributed by atoms with Crippen molar-refractivity contribution in [2.24, 2.45) is 5.92 Å². The maximum atomic E-state index is 13.0. The quantitative estimate of drug-likeness (QED) is 0.690. The topological polar surface area (TPSA) is 110 Å². The van der Waals surface area contributed by atoms with Crippen LogP contribution in [0.25, 0.3) is 0 Å². The molecular formula is C20H24N2O6S2. The lowest BCUT2D eigenvalue weighted by Crippen LogP contribution is -2.31. The maximum absolute atomic E-state index is 13.0. The highest BCUT2D eigenvalue weighted by atomic mass is 32.2. The number of ether oxygens (including phenoxy) is 1. The van der Waals surface area contributed by atoms with E-state index in [4.69, 9.17) is 4.74 Å². The first kappa shape index (κ1) is 22.3. The molecule has 162 valence electrons. The van der Waals surface area contributed by atoms with Gasteiger partial charge in [-0.3, -0.25) is 4.79 Å². The molecule has 3 rings (SSSR count). The van der Waals surface area contributed by atoms with Crippen molar-refractivity contribution in [3.8, 4) is 5.75 Å². The summed E-state index contributed by atoms with van der Waals surface area (Å²) < 4.78 is 59.5. The smallest absolute Gasteiger partial charge is 0.244 e. The number of hydrogen-bond acceptors (Lipinski definition) is 6. The highest BCUT2D eigenvalue weighted by Gasteiger charge is 2.42. The molecule has 1 unspecified atom stereocenters. The molecule has 2 aromatic rings. The number of nitrogens with zero attached hydrogens (tertiary/aromatic N) is 1. The first-order valence-electron chi connectivity index (χ1n) is 9.44. The lowest BCUT2D eigenvalue weighted by atomic mass is 10.1. The first-order chi connectivity index (χ1) is 14.0. The molecule has 0 saturated carbocycles. The standard InChI is InChI=1S/C20H24N2O6S2/c1-4-28-18-9-8-17(22-20(23)15(3)13-29(22,24)25)11-19(18)30(26,27)21-12-16-7-5-6-14(2)10-16/h5-11,15,21H,4,12-13H2,1-3H3. The lowest BCUT2D eigenvalue weighted by molar-refractivity contribution is -0.119. The van der Waals surface area contributed by atoms with Crippen LogP contribution in [0, 0.1) is 12.8 Å². The summed E-state index contributed by atoms with van der Waals surface area (Å²) in [6.07, 6.45) is 0. The van der Waals surface area contributed by atoms with Gasteiger partial charge in [0.25, 0.3) is 0 Å². The highest BCUT2D eigenvalue weighted by molar-refractivity contribution is 7.94. The van der Waals surface area contributed by atoms with Gasteiger partial charge in [0.2, 0.25) is 26.0 Å². The van der Waals surface area contributed by atoms with E-state index in [1.807, 2.05) is 25.1 Å². The largest absolute Gasteiger partial charge is 0.492 e. The lowest BCUT2D eigenvalue weighted by Gasteiger charge is -2.18. The summed E-state index contributed by atoms with van der Waals surface area (Å²) in [7, 11) is -7.91. The van der Waals surface area contributed by atoms with Crippen LogP contribution in [0.2, 0.25) is 0 Å². The summed E-state index contributed by atoms with van der Waals surface area (Å²) in [6, 6.07) is 11.3. The monoisotopic (exact) mass is 452 g/mol. The fourth-order valence-corrected chi connectivity index (χ4v) is 6.27. The van der Waals surface area contributed by atoms with Crippen LogP contribution in [0.3, 0.4) is 0 Å². The Morgan fingerprint density at radius 3 is 2.53 bits per heavy atom. The Morgan fingerprint density at radius 1 is 1.20 bits per heavy atom. The van der Waals surface area contributed by atoms with Crippen molar-refractivity contribution in [2.75, 3.05) is 16.7 Å². The van der Waals surface area contributed by atoms with Gasteiger partial charge in [0.1, 0.15) is 10.6 Å². The average Bonchev–Trinajstić information content (AvgIpc) is 2.88. The van der Waals surface area contributed by atoms with Crippen LogP contribution in [-0.2, 0) is 31.4 Å². The van der Waals surface area contributed by atoms with Gasteiger partial charge in [0, 0.05) is 6.54 Å². The van der Waals surface area contributed by atoms with Crippen molar-refractivity contribution >= 4 is 31.6 Å². The molecule has 1 aliphatic heterocycles. The Labute approximate surface area is 177 Å². The molecule has 1 fully saturated rings. The molecule has 1 saturated heterocycles. The van der Waals surface area contributed by atoms with Crippen molar-refractivity contribution in [3.05, 3.63) is 53.6 Å². The molecule has 0 aromatic heterocycles. The molecule has 0 bridgehead atoms. The third-order valence-corrected chi connectivity index (χ3v) is 7.95. The predicted octanol–water partition coefficient (Wildman–Crippen LogP) is 2.18. The maximum Gasteiger partial charge on any atom is 0.244 e. The number of carbonyl (C=O) groups is 1. The zero-order valence-corrected chi connectivity index (χ0v) is 18.6. The second-order valence-electron chi connectivity index (χ2n) is 7.16. The van der Waals surface area contributed by atoms with Crippen molar-refractivity contribution in [1.82, 2.24) is 4.72 Å². The van der Waals surface area contributed by atoms with Gasteiger partial charge in [-0.2, -0.15) is 0 Å². The van der Waals surface area contributed by atoms with E-state index in [-0.39, 0.29) is 35.2 Å². The average molecular weight is 453 g/mol. The number of aryl methyl sites for hydroxylation is 1. The molecule has 1 heterocycles. The number of hydrogen-bond donors (Lipinski definition) is 1. The molecule has 8 nitrogen and oxygen atoms in total. The fourth-order valence-electron chi connectivity index (χ4n) is 3.27. The van der Waals surface area contributed by atoms with Crippen LogP contribution in [0.1, 0.15) is 25.0 Å². The van der Waals surface area contributed by atoms with E-state index < -0.39 is 31.9 Å². The Morgan fingerprint density at radius 2 is 1.93 bits per heavy atom. The van der Waals surface area contributed by atoms with E-state index >= 15 is 0 Å². The molecule has 10 heteroatoms. The van der Waals surface area contributed by atoms with Gasteiger partial charge in [-0.15, -0.1) is 0 Å². The van der Waals surface area contributed by atoms with Crippen LogP contribution < -0.4 is 13.8 Å². The van der Waals surface area contributed by atoms with Crippen LogP contribution in [0.5, 0.6) is 5.75 Å². The SMILES string of the molecule is CCOc1ccc(N2C(=O)C(C)CS2(=O)=O)cc1S(=O)(=O)NCc1cccc(C)c1. The molecule has 1 aliphatic rings. The Hall–Kier alpha value is -2.43. The Balaban J connectivity index is 1.99. The van der Waals surface area contributed by atoms with Crippen molar-refractivity contribution in [3.63, 3.8) is 0 Å². The minimum Gasteiger partial charge on any atom is -0.492 e. The summed E-state index contributed by atoms with van der Waals surface area (Å²) in [5.41, 5.74) is 1.75. The van der Waals surface area contributed by atoms with Gasteiger partial charge in [0.15, 0.2) is 0 Å². The zero-order chi connectivity index (χ0) is 22.1. The van der Waals surface area contributed by atoms with E-state index in [2.05, 4.69) is 4.72 Å². The third kappa shape index (κ3) is 4.50. The number of benzene rings is 2. The first-order valence-corrected chi connectivity index (χ1v) is 12.5. The summed E-state index contributed by atoms with van der Waals surface area (Å²) >= 11 is 0. The van der Waals surface area contributed by atoms with Gasteiger partial charge in [0.05, 0.1) is 24.0 Å². The number of rotatable bonds is 7. The highest BCUT2D eigenvalue weighted by Crippen LogP contribution is 2.34. The molecule has 1 N–H and O–H groups in total. The summed E-state index contributed by atoms with van der Waals surface area (Å²) in [5.74, 6) is -1.52. The molecule has 1 amide bonds. The van der Waals surface area contributed by atoms with Gasteiger partial charge in [-0.05, 0) is 37.6 Å². The summed E-state index contributed by atoms with van der Waals surface area (Å²) in [4.78, 5) is 12.2. The van der Waals surface area contributed by atoms with Crippen molar-refractivity contribution < 1.29 is 26.4 Å². The van der Waals surface area contributed by atoms with Gasteiger partial charge in [-0.1, -0.05) is 36.8 Å². The normalized spacial score (nSPS) is 18.6. The molecule has 30 heavy (non-hydrogen) atoms. The van der Waals surface area contributed by atoms with E-state index in [9.17, 15) is 21.6 Å². The minimum atomic E-state index is -4.05. The number of nitrogens with one attached hydrogen (secondary N) is 1. The van der Waals surface area contributed by atoms with Crippen molar-refractivity contribution in [2.45, 2.75) is 32.2 Å². The van der Waals surface area contributed by atoms with Crippen LogP contribution in [0.15, 0.2) is 47.4 Å². The number of anilines is 1. The third-order valence-electron chi connectivity index (χ3n) is 4.66. The van der Waals surface area contributed by atoms with E-state index in [1.165, 1.54) is 19.1 Å². The zero-order valence-electron chi connectivity index (χ0n) is 17.0. The van der Waals surface area contributed by atoms with Crippen LogP contribution in [-0.4, -0.2) is 35.1 Å². The van der Waals surface area contributed by atoms with Crippen LogP contribution in [0.4, 0.5) is 5.69 Å². The summed E-state index contributed by atoms with van der Waals surface area (Å²) in [5, 5.41) is 0. The molecule has 1 atom stereocenters. The minimum absolute atomic E-state index is 0.0243. The van der Waals surface area contributed by atoms with Gasteiger partial charge in [-0.25, -0.2) is 25.9 Å². The summed E-state index contributed by atoms with van der Waals surface area (Å²) in [6.45, 7) is 5.41. The Bertz CT molecular complexity index is 1180. The fraction of sp³-hybridized carbons (Fsp3) is 0.350. The van der Waals surface area contributed by atoms with Gasteiger partial charge < -0.3 is 4.74 Å². The van der Waals surface area contributed by atoms with E-state index in [0.29, 0.717) is 4.31 Å². The van der Waals surface area contributed by atoms with Crippen molar-refractivity contribution in [1.29, 1.82) is 0 Å². The number of sulfonamides is 2. The molecule has 0 aliphatic carbocycles. The molecule has 2 aromatic carbocycles. The molecular weight excluding hydrogens is 428 g/mol. The number of carbonyl (C=O) groups excluding carboxylic acids is 1. The molecule has 0 radical (unpaired) electrons. The van der Waals surface area contributed by atoms with Gasteiger partial charge >= 0.3 is 0 Å².